The summed E-state index contributed by atoms with van der Waals surface area (Å²) in [5.74, 6) is -1.23. The van der Waals surface area contributed by atoms with Crippen molar-refractivity contribution in [2.45, 2.75) is 19.8 Å². The molecule has 0 radical (unpaired) electrons. The summed E-state index contributed by atoms with van der Waals surface area (Å²) in [6, 6.07) is 6.64. The van der Waals surface area contributed by atoms with Gasteiger partial charge in [0.05, 0.1) is 5.57 Å². The number of carbonyl (C=O) groups is 2. The molecule has 1 aromatic carbocycles. The molecular formula is C15H17NO3. The van der Waals surface area contributed by atoms with Crippen LogP contribution in [-0.2, 0) is 4.79 Å². The van der Waals surface area contributed by atoms with E-state index in [4.69, 9.17) is 0 Å². The Morgan fingerprint density at radius 1 is 1.11 bits per heavy atom. The first-order valence-corrected chi connectivity index (χ1v) is 6.48. The maximum atomic E-state index is 12.0. The average molecular weight is 259 g/mol. The van der Waals surface area contributed by atoms with E-state index in [2.05, 4.69) is 12.2 Å². The molecule has 4 heteroatoms. The van der Waals surface area contributed by atoms with E-state index in [1.807, 2.05) is 0 Å². The van der Waals surface area contributed by atoms with Crippen LogP contribution in [-0.4, -0.2) is 29.8 Å². The molecule has 2 N–H and O–H groups in total. The van der Waals surface area contributed by atoms with Gasteiger partial charge in [-0.15, -0.1) is 0 Å². The lowest BCUT2D eigenvalue weighted by molar-refractivity contribution is -0.112. The minimum Gasteiger partial charge on any atom is -0.507 e. The third kappa shape index (κ3) is 2.58. The fraction of sp³-hybridized carbons (Fsp3) is 0.333. The lowest BCUT2D eigenvalue weighted by atomic mass is 9.88. The van der Waals surface area contributed by atoms with Crippen molar-refractivity contribution in [3.8, 4) is 0 Å². The highest BCUT2D eigenvalue weighted by atomic mass is 16.3. The number of unbranched alkanes of at least 4 members (excludes halogenated alkanes) is 1. The lowest BCUT2D eigenvalue weighted by Crippen LogP contribution is -2.30. The molecule has 0 saturated heterocycles. The van der Waals surface area contributed by atoms with E-state index in [0.717, 1.165) is 19.4 Å². The van der Waals surface area contributed by atoms with Crippen LogP contribution in [0.25, 0.3) is 5.76 Å². The molecule has 0 heterocycles. The predicted octanol–water partition coefficient (Wildman–Crippen LogP) is 2.11. The lowest BCUT2D eigenvalue weighted by Gasteiger charge is -2.17. The number of ketones is 2. The topological polar surface area (TPSA) is 66.4 Å². The average Bonchev–Trinajstić information content (AvgIpc) is 2.44. The highest BCUT2D eigenvalue weighted by Gasteiger charge is 2.31. The van der Waals surface area contributed by atoms with Crippen LogP contribution in [0.2, 0.25) is 0 Å². The van der Waals surface area contributed by atoms with Crippen molar-refractivity contribution in [2.24, 2.45) is 0 Å². The minimum absolute atomic E-state index is 0.0794. The zero-order chi connectivity index (χ0) is 13.8. The molecule has 0 spiro atoms. The number of aliphatic hydroxyl groups is 1. The van der Waals surface area contributed by atoms with Crippen LogP contribution in [0.3, 0.4) is 0 Å². The van der Waals surface area contributed by atoms with Crippen LogP contribution >= 0.6 is 0 Å². The Labute approximate surface area is 112 Å². The standard InChI is InChI=1S/C15H17NO3/c1-2-3-8-16-9-12-13(17)10-6-4-5-7-11(10)14(18)15(12)19/h4-7,16-17H,2-3,8-9H2,1H3. The molecule has 0 unspecified atom stereocenters. The summed E-state index contributed by atoms with van der Waals surface area (Å²) in [7, 11) is 0. The number of nitrogens with one attached hydrogen (secondary N) is 1. The van der Waals surface area contributed by atoms with Crippen molar-refractivity contribution < 1.29 is 14.7 Å². The molecule has 1 aliphatic rings. The number of aliphatic hydroxyl groups excluding tert-OH is 1. The van der Waals surface area contributed by atoms with Crippen molar-refractivity contribution in [2.75, 3.05) is 13.1 Å². The molecule has 4 nitrogen and oxygen atoms in total. The summed E-state index contributed by atoms with van der Waals surface area (Å²) in [5.41, 5.74) is 0.890. The number of fused-ring (bicyclic) bond motifs is 1. The van der Waals surface area contributed by atoms with Gasteiger partial charge in [-0.3, -0.25) is 9.59 Å². The first-order valence-electron chi connectivity index (χ1n) is 6.48. The fourth-order valence-corrected chi connectivity index (χ4v) is 2.10. The molecule has 2 rings (SSSR count). The number of carbonyl (C=O) groups excluding carboxylic acids is 2. The van der Waals surface area contributed by atoms with Crippen LogP contribution in [0.15, 0.2) is 29.8 Å². The Morgan fingerprint density at radius 2 is 1.79 bits per heavy atom. The van der Waals surface area contributed by atoms with Crippen molar-refractivity contribution in [3.05, 3.63) is 41.0 Å². The van der Waals surface area contributed by atoms with E-state index >= 15 is 0 Å². The van der Waals surface area contributed by atoms with Gasteiger partial charge in [-0.05, 0) is 13.0 Å². The first kappa shape index (κ1) is 13.5. The summed E-state index contributed by atoms with van der Waals surface area (Å²) in [5, 5.41) is 13.2. The second kappa shape index (κ2) is 5.80. The van der Waals surface area contributed by atoms with Crippen LogP contribution in [0.4, 0.5) is 0 Å². The quantitative estimate of drug-likeness (QED) is 0.628. The fourth-order valence-electron chi connectivity index (χ4n) is 2.10. The third-order valence-corrected chi connectivity index (χ3v) is 3.20. The van der Waals surface area contributed by atoms with Crippen LogP contribution in [0.5, 0.6) is 0 Å². The van der Waals surface area contributed by atoms with Gasteiger partial charge in [0.2, 0.25) is 11.6 Å². The molecule has 0 amide bonds. The van der Waals surface area contributed by atoms with Crippen LogP contribution in [0, 0.1) is 0 Å². The molecule has 19 heavy (non-hydrogen) atoms. The second-order valence-corrected chi connectivity index (χ2v) is 4.56. The maximum Gasteiger partial charge on any atom is 0.234 e. The summed E-state index contributed by atoms with van der Waals surface area (Å²) < 4.78 is 0. The van der Waals surface area contributed by atoms with E-state index < -0.39 is 11.6 Å². The summed E-state index contributed by atoms with van der Waals surface area (Å²) in [6.45, 7) is 3.06. The smallest absolute Gasteiger partial charge is 0.234 e. The molecule has 0 bridgehead atoms. The van der Waals surface area contributed by atoms with Gasteiger partial charge in [0.1, 0.15) is 5.76 Å². The Kier molecular flexibility index (Phi) is 4.12. The number of Topliss-reactive ketones (excluding diaryl/α,β-unsaturated/α-hetero) is 2. The second-order valence-electron chi connectivity index (χ2n) is 4.56. The Balaban J connectivity index is 2.27. The molecule has 100 valence electrons. The summed E-state index contributed by atoms with van der Waals surface area (Å²) in [4.78, 5) is 23.9. The molecule has 0 aliphatic heterocycles. The van der Waals surface area contributed by atoms with Crippen molar-refractivity contribution in [1.29, 1.82) is 0 Å². The van der Waals surface area contributed by atoms with Crippen LogP contribution < -0.4 is 5.32 Å². The Hall–Kier alpha value is -1.94. The number of rotatable bonds is 5. The number of hydrogen-bond acceptors (Lipinski definition) is 4. The normalized spacial score (nSPS) is 14.8. The van der Waals surface area contributed by atoms with Crippen LogP contribution in [0.1, 0.15) is 35.7 Å². The molecular weight excluding hydrogens is 242 g/mol. The van der Waals surface area contributed by atoms with Crippen molar-refractivity contribution in [1.82, 2.24) is 5.32 Å². The van der Waals surface area contributed by atoms with Gasteiger partial charge in [0.15, 0.2) is 0 Å². The summed E-state index contributed by atoms with van der Waals surface area (Å²) >= 11 is 0. The highest BCUT2D eigenvalue weighted by Crippen LogP contribution is 2.27. The van der Waals surface area contributed by atoms with Gasteiger partial charge in [0, 0.05) is 17.7 Å². The Morgan fingerprint density at radius 3 is 2.47 bits per heavy atom. The van der Waals surface area contributed by atoms with Gasteiger partial charge in [-0.2, -0.15) is 0 Å². The molecule has 0 atom stereocenters. The Bertz CT molecular complexity index is 546. The largest absolute Gasteiger partial charge is 0.507 e. The minimum atomic E-state index is -0.611. The van der Waals surface area contributed by atoms with E-state index in [-0.39, 0.29) is 23.4 Å². The van der Waals surface area contributed by atoms with Gasteiger partial charge >= 0.3 is 0 Å². The molecule has 1 aliphatic carbocycles. The number of hydrogen-bond donors (Lipinski definition) is 2. The SMILES string of the molecule is CCCCNCC1=C(O)c2ccccc2C(=O)C1=O. The van der Waals surface area contributed by atoms with Gasteiger partial charge in [-0.1, -0.05) is 37.6 Å². The van der Waals surface area contributed by atoms with Crippen molar-refractivity contribution >= 4 is 17.3 Å². The predicted molar refractivity (Wildman–Crippen MR) is 73.1 cm³/mol. The molecule has 0 aromatic heterocycles. The maximum absolute atomic E-state index is 12.0. The zero-order valence-electron chi connectivity index (χ0n) is 10.9. The first-order chi connectivity index (χ1) is 9.16. The van der Waals surface area contributed by atoms with E-state index in [1.165, 1.54) is 0 Å². The summed E-state index contributed by atoms with van der Waals surface area (Å²) in [6.07, 6.45) is 2.04. The van der Waals surface area contributed by atoms with E-state index in [0.29, 0.717) is 5.56 Å². The van der Waals surface area contributed by atoms with E-state index in [9.17, 15) is 14.7 Å². The van der Waals surface area contributed by atoms with E-state index in [1.54, 1.807) is 24.3 Å². The van der Waals surface area contributed by atoms with Gasteiger partial charge in [0.25, 0.3) is 0 Å². The number of benzene rings is 1. The van der Waals surface area contributed by atoms with Gasteiger partial charge in [-0.25, -0.2) is 0 Å². The molecule has 0 fully saturated rings. The monoisotopic (exact) mass is 259 g/mol. The molecule has 1 aromatic rings. The van der Waals surface area contributed by atoms with Crippen molar-refractivity contribution in [3.63, 3.8) is 0 Å². The highest BCUT2D eigenvalue weighted by molar-refractivity contribution is 6.52. The molecule has 0 saturated carbocycles. The van der Waals surface area contributed by atoms with Gasteiger partial charge < -0.3 is 10.4 Å². The third-order valence-electron chi connectivity index (χ3n) is 3.20. The zero-order valence-corrected chi connectivity index (χ0v) is 10.9.